The van der Waals surface area contributed by atoms with Crippen molar-refractivity contribution < 1.29 is 8.42 Å². The summed E-state index contributed by atoms with van der Waals surface area (Å²) in [6.07, 6.45) is 1.99. The molecule has 2 aromatic carbocycles. The number of sulfonamides is 1. The minimum Gasteiger partial charge on any atom is -0.397 e. The maximum Gasteiger partial charge on any atom is 0.240 e. The Kier molecular flexibility index (Phi) is 4.76. The minimum atomic E-state index is -3.49. The van der Waals surface area contributed by atoms with Crippen molar-refractivity contribution in [3.05, 3.63) is 42.5 Å². The average molecular weight is 323 g/mol. The van der Waals surface area contributed by atoms with Gasteiger partial charge in [0.2, 0.25) is 10.0 Å². The van der Waals surface area contributed by atoms with Gasteiger partial charge in [-0.25, -0.2) is 13.1 Å². The molecule has 0 fully saturated rings. The molecule has 2 aromatic rings. The third kappa shape index (κ3) is 3.69. The minimum absolute atomic E-state index is 0.169. The highest BCUT2D eigenvalue weighted by Gasteiger charge is 2.13. The highest BCUT2D eigenvalue weighted by atomic mass is 32.2. The van der Waals surface area contributed by atoms with E-state index in [1.807, 2.05) is 30.5 Å². The van der Waals surface area contributed by atoms with E-state index in [0.717, 1.165) is 10.6 Å². The second-order valence-corrected chi connectivity index (χ2v) is 7.08. The molecule has 0 amide bonds. The van der Waals surface area contributed by atoms with Crippen molar-refractivity contribution >= 4 is 38.8 Å². The predicted molar refractivity (Wildman–Crippen MR) is 88.6 cm³/mol. The molecule has 0 aliphatic rings. The lowest BCUT2D eigenvalue weighted by Crippen LogP contribution is -2.18. The Morgan fingerprint density at radius 1 is 1.14 bits per heavy atom. The number of hydrogen-bond donors (Lipinski definition) is 3. The maximum absolute atomic E-state index is 11.8. The largest absolute Gasteiger partial charge is 0.397 e. The molecule has 5 nitrogen and oxygen atoms in total. The highest BCUT2D eigenvalue weighted by Crippen LogP contribution is 2.28. The van der Waals surface area contributed by atoms with E-state index in [9.17, 15) is 8.42 Å². The summed E-state index contributed by atoms with van der Waals surface area (Å²) in [6, 6.07) is 12.4. The molecule has 21 heavy (non-hydrogen) atoms. The third-order valence-electron chi connectivity index (χ3n) is 2.95. The first kappa shape index (κ1) is 15.7. The first-order valence-corrected chi connectivity index (χ1v) is 8.91. The summed E-state index contributed by atoms with van der Waals surface area (Å²) < 4.78 is 26.0. The zero-order valence-electron chi connectivity index (χ0n) is 11.8. The van der Waals surface area contributed by atoms with Gasteiger partial charge in [-0.05, 0) is 49.7 Å². The van der Waals surface area contributed by atoms with Crippen LogP contribution in [0, 0.1) is 0 Å². The number of nitrogens with one attached hydrogen (secondary N) is 2. The molecule has 0 bridgehead atoms. The summed E-state index contributed by atoms with van der Waals surface area (Å²) in [7, 11) is -2.12. The van der Waals surface area contributed by atoms with Crippen LogP contribution in [-0.4, -0.2) is 21.7 Å². The molecule has 0 aliphatic carbocycles. The molecule has 0 heterocycles. The second kappa shape index (κ2) is 6.38. The van der Waals surface area contributed by atoms with Gasteiger partial charge < -0.3 is 11.1 Å². The van der Waals surface area contributed by atoms with Gasteiger partial charge >= 0.3 is 0 Å². The van der Waals surface area contributed by atoms with Crippen molar-refractivity contribution in [3.8, 4) is 0 Å². The molecule has 0 saturated carbocycles. The Morgan fingerprint density at radius 3 is 2.57 bits per heavy atom. The topological polar surface area (TPSA) is 84.2 Å². The number of nitrogen functional groups attached to an aromatic ring is 1. The molecule has 7 heteroatoms. The van der Waals surface area contributed by atoms with Gasteiger partial charge in [-0.2, -0.15) is 0 Å². The Balaban J connectivity index is 2.37. The molecule has 0 aromatic heterocycles. The van der Waals surface area contributed by atoms with Crippen molar-refractivity contribution in [1.82, 2.24) is 4.72 Å². The van der Waals surface area contributed by atoms with Gasteiger partial charge in [0.05, 0.1) is 16.3 Å². The van der Waals surface area contributed by atoms with Crippen molar-refractivity contribution in [2.24, 2.45) is 0 Å². The lowest BCUT2D eigenvalue weighted by molar-refractivity contribution is 0.588. The summed E-state index contributed by atoms with van der Waals surface area (Å²) in [5, 5.41) is 3.15. The smallest absolute Gasteiger partial charge is 0.240 e. The lowest BCUT2D eigenvalue weighted by Gasteiger charge is -2.12. The standard InChI is InChI=1S/C14H17N3O2S2/c1-16-21(18,19)12-6-7-13(15)14(9-12)17-10-4-3-5-11(8-10)20-2/h3-9,16-17H,15H2,1-2H3. The van der Waals surface area contributed by atoms with E-state index in [4.69, 9.17) is 5.73 Å². The van der Waals surface area contributed by atoms with Crippen LogP contribution in [0.3, 0.4) is 0 Å². The predicted octanol–water partition coefficient (Wildman–Crippen LogP) is 2.64. The van der Waals surface area contributed by atoms with Crippen molar-refractivity contribution in [2.45, 2.75) is 9.79 Å². The van der Waals surface area contributed by atoms with Gasteiger partial charge in [0.1, 0.15) is 0 Å². The average Bonchev–Trinajstić information content (AvgIpc) is 2.49. The SMILES string of the molecule is CNS(=O)(=O)c1ccc(N)c(Nc2cccc(SC)c2)c1. The van der Waals surface area contributed by atoms with Gasteiger partial charge in [-0.3, -0.25) is 0 Å². The summed E-state index contributed by atoms with van der Waals surface area (Å²) in [4.78, 5) is 1.28. The molecule has 2 rings (SSSR count). The molecular formula is C14H17N3O2S2. The van der Waals surface area contributed by atoms with Crippen molar-refractivity contribution in [2.75, 3.05) is 24.4 Å². The third-order valence-corrected chi connectivity index (χ3v) is 5.09. The van der Waals surface area contributed by atoms with Crippen LogP contribution in [0.15, 0.2) is 52.3 Å². The zero-order chi connectivity index (χ0) is 15.5. The summed E-state index contributed by atoms with van der Waals surface area (Å²) in [5.41, 5.74) is 7.81. The van der Waals surface area contributed by atoms with Gasteiger partial charge in [0.25, 0.3) is 0 Å². The van der Waals surface area contributed by atoms with Crippen LogP contribution in [-0.2, 0) is 10.0 Å². The highest BCUT2D eigenvalue weighted by molar-refractivity contribution is 7.98. The number of nitrogens with two attached hydrogens (primary N) is 1. The fraction of sp³-hybridized carbons (Fsp3) is 0.143. The Labute approximate surface area is 129 Å². The number of hydrogen-bond acceptors (Lipinski definition) is 5. The van der Waals surface area contributed by atoms with Gasteiger partial charge in [0, 0.05) is 10.6 Å². The molecule has 4 N–H and O–H groups in total. The Bertz CT molecular complexity index is 746. The van der Waals surface area contributed by atoms with Crippen LogP contribution in [0.2, 0.25) is 0 Å². The Hall–Kier alpha value is -1.70. The number of thioether (sulfide) groups is 1. The zero-order valence-corrected chi connectivity index (χ0v) is 13.4. The first-order chi connectivity index (χ1) is 9.96. The van der Waals surface area contributed by atoms with Crippen molar-refractivity contribution in [3.63, 3.8) is 0 Å². The number of anilines is 3. The van der Waals surface area contributed by atoms with Gasteiger partial charge in [-0.15, -0.1) is 11.8 Å². The molecular weight excluding hydrogens is 306 g/mol. The van der Waals surface area contributed by atoms with E-state index in [0.29, 0.717) is 11.4 Å². The van der Waals surface area contributed by atoms with Gasteiger partial charge in [-0.1, -0.05) is 6.07 Å². The van der Waals surface area contributed by atoms with Crippen LogP contribution in [0.25, 0.3) is 0 Å². The molecule has 0 spiro atoms. The van der Waals surface area contributed by atoms with Crippen LogP contribution < -0.4 is 15.8 Å². The summed E-state index contributed by atoms with van der Waals surface area (Å²) in [6.45, 7) is 0. The van der Waals surface area contributed by atoms with Crippen LogP contribution in [0.4, 0.5) is 17.1 Å². The lowest BCUT2D eigenvalue weighted by atomic mass is 10.2. The first-order valence-electron chi connectivity index (χ1n) is 6.20. The monoisotopic (exact) mass is 323 g/mol. The molecule has 0 atom stereocenters. The van der Waals surface area contributed by atoms with Crippen LogP contribution >= 0.6 is 11.8 Å². The van der Waals surface area contributed by atoms with Gasteiger partial charge in [0.15, 0.2) is 0 Å². The fourth-order valence-corrected chi connectivity index (χ4v) is 3.00. The maximum atomic E-state index is 11.8. The van der Waals surface area contributed by atoms with E-state index in [-0.39, 0.29) is 4.90 Å². The number of benzene rings is 2. The summed E-state index contributed by atoms with van der Waals surface area (Å²) in [5.74, 6) is 0. The normalized spacial score (nSPS) is 11.3. The second-order valence-electron chi connectivity index (χ2n) is 4.31. The quantitative estimate of drug-likeness (QED) is 0.582. The summed E-state index contributed by atoms with van der Waals surface area (Å²) >= 11 is 1.63. The van der Waals surface area contributed by atoms with E-state index in [2.05, 4.69) is 10.0 Å². The van der Waals surface area contributed by atoms with E-state index < -0.39 is 10.0 Å². The molecule has 112 valence electrons. The van der Waals surface area contributed by atoms with Crippen molar-refractivity contribution in [1.29, 1.82) is 0 Å². The Morgan fingerprint density at radius 2 is 1.90 bits per heavy atom. The van der Waals surface area contributed by atoms with Crippen LogP contribution in [0.5, 0.6) is 0 Å². The molecule has 0 radical (unpaired) electrons. The number of rotatable bonds is 5. The van der Waals surface area contributed by atoms with E-state index in [1.165, 1.54) is 19.2 Å². The van der Waals surface area contributed by atoms with E-state index in [1.54, 1.807) is 17.8 Å². The van der Waals surface area contributed by atoms with Crippen LogP contribution in [0.1, 0.15) is 0 Å². The fourth-order valence-electron chi connectivity index (χ4n) is 1.78. The van der Waals surface area contributed by atoms with E-state index >= 15 is 0 Å². The molecule has 0 saturated heterocycles. The molecule has 0 aliphatic heterocycles. The molecule has 0 unspecified atom stereocenters.